The SMILES string of the molecule is CN(C)c1ccc(OC2CCN(S(=O)(=O)c3ccc(F)cc3)C2)nn1. The van der Waals surface area contributed by atoms with Crippen molar-refractivity contribution < 1.29 is 17.5 Å². The van der Waals surface area contributed by atoms with Gasteiger partial charge in [0.25, 0.3) is 0 Å². The topological polar surface area (TPSA) is 75.6 Å². The Balaban J connectivity index is 1.66. The summed E-state index contributed by atoms with van der Waals surface area (Å²) in [7, 11) is 0.0670. The summed E-state index contributed by atoms with van der Waals surface area (Å²) in [6.07, 6.45) is 0.257. The van der Waals surface area contributed by atoms with Crippen molar-refractivity contribution in [1.29, 1.82) is 0 Å². The minimum absolute atomic E-state index is 0.0738. The van der Waals surface area contributed by atoms with Crippen LogP contribution >= 0.6 is 0 Å². The predicted molar refractivity (Wildman–Crippen MR) is 90.6 cm³/mol. The van der Waals surface area contributed by atoms with Crippen LogP contribution in [0, 0.1) is 5.82 Å². The lowest BCUT2D eigenvalue weighted by molar-refractivity contribution is 0.204. The van der Waals surface area contributed by atoms with Gasteiger partial charge in [0, 0.05) is 26.7 Å². The maximum absolute atomic E-state index is 13.0. The van der Waals surface area contributed by atoms with Crippen molar-refractivity contribution in [2.24, 2.45) is 0 Å². The molecule has 0 spiro atoms. The Bertz CT molecular complexity index is 825. The third kappa shape index (κ3) is 3.88. The van der Waals surface area contributed by atoms with E-state index in [1.54, 1.807) is 12.1 Å². The second kappa shape index (κ2) is 6.93. The van der Waals surface area contributed by atoms with E-state index in [-0.39, 0.29) is 17.5 Å². The zero-order chi connectivity index (χ0) is 18.0. The molecule has 0 amide bonds. The maximum Gasteiger partial charge on any atom is 0.243 e. The molecule has 1 aromatic carbocycles. The van der Waals surface area contributed by atoms with Crippen LogP contribution in [0.4, 0.5) is 10.2 Å². The van der Waals surface area contributed by atoms with Crippen molar-refractivity contribution in [3.63, 3.8) is 0 Å². The first-order valence-corrected chi connectivity index (χ1v) is 9.24. The van der Waals surface area contributed by atoms with Gasteiger partial charge in [-0.3, -0.25) is 0 Å². The lowest BCUT2D eigenvalue weighted by atomic mass is 10.3. The van der Waals surface area contributed by atoms with E-state index < -0.39 is 15.8 Å². The summed E-state index contributed by atoms with van der Waals surface area (Å²) in [5.41, 5.74) is 0. The van der Waals surface area contributed by atoms with Crippen LogP contribution < -0.4 is 9.64 Å². The number of benzene rings is 1. The molecule has 0 bridgehead atoms. The molecule has 2 heterocycles. The number of hydrogen-bond acceptors (Lipinski definition) is 6. The summed E-state index contributed by atoms with van der Waals surface area (Å²) in [5, 5.41) is 8.02. The minimum atomic E-state index is -3.65. The Morgan fingerprint density at radius 2 is 1.88 bits per heavy atom. The number of ether oxygens (including phenoxy) is 1. The fourth-order valence-corrected chi connectivity index (χ4v) is 4.04. The van der Waals surface area contributed by atoms with E-state index in [1.807, 2.05) is 19.0 Å². The Labute approximate surface area is 146 Å². The molecule has 2 aromatic rings. The van der Waals surface area contributed by atoms with Crippen molar-refractivity contribution in [2.75, 3.05) is 32.1 Å². The number of rotatable bonds is 5. The van der Waals surface area contributed by atoms with Gasteiger partial charge in [-0.15, -0.1) is 10.2 Å². The van der Waals surface area contributed by atoms with Gasteiger partial charge in [-0.05, 0) is 36.8 Å². The molecular weight excluding hydrogens is 347 g/mol. The van der Waals surface area contributed by atoms with Crippen LogP contribution in [0.5, 0.6) is 5.88 Å². The molecule has 134 valence electrons. The second-order valence-electron chi connectivity index (χ2n) is 5.97. The normalized spacial score (nSPS) is 18.3. The molecule has 1 atom stereocenters. The predicted octanol–water partition coefficient (Wildman–Crippen LogP) is 1.52. The molecule has 25 heavy (non-hydrogen) atoms. The van der Waals surface area contributed by atoms with Gasteiger partial charge in [0.2, 0.25) is 15.9 Å². The van der Waals surface area contributed by atoms with E-state index >= 15 is 0 Å². The van der Waals surface area contributed by atoms with Crippen LogP contribution in [0.15, 0.2) is 41.3 Å². The van der Waals surface area contributed by atoms with E-state index in [1.165, 1.54) is 16.4 Å². The molecule has 0 aliphatic carbocycles. The number of nitrogens with zero attached hydrogens (tertiary/aromatic N) is 4. The van der Waals surface area contributed by atoms with E-state index in [2.05, 4.69) is 10.2 Å². The van der Waals surface area contributed by atoms with Gasteiger partial charge in [-0.2, -0.15) is 4.31 Å². The van der Waals surface area contributed by atoms with Gasteiger partial charge >= 0.3 is 0 Å². The first-order chi connectivity index (χ1) is 11.9. The van der Waals surface area contributed by atoms with E-state index in [0.717, 1.165) is 12.1 Å². The highest BCUT2D eigenvalue weighted by Gasteiger charge is 2.33. The van der Waals surface area contributed by atoms with E-state index in [4.69, 9.17) is 4.74 Å². The summed E-state index contributed by atoms with van der Waals surface area (Å²) < 4.78 is 45.2. The maximum atomic E-state index is 13.0. The fraction of sp³-hybridized carbons (Fsp3) is 0.375. The minimum Gasteiger partial charge on any atom is -0.472 e. The largest absolute Gasteiger partial charge is 0.472 e. The smallest absolute Gasteiger partial charge is 0.243 e. The van der Waals surface area contributed by atoms with Crippen LogP contribution in [0.25, 0.3) is 0 Å². The Morgan fingerprint density at radius 1 is 1.16 bits per heavy atom. The van der Waals surface area contributed by atoms with E-state index in [9.17, 15) is 12.8 Å². The zero-order valence-electron chi connectivity index (χ0n) is 14.0. The molecule has 9 heteroatoms. The van der Waals surface area contributed by atoms with Gasteiger partial charge in [-0.25, -0.2) is 12.8 Å². The Hall–Kier alpha value is -2.26. The van der Waals surface area contributed by atoms with Gasteiger partial charge in [0.05, 0.1) is 11.4 Å². The van der Waals surface area contributed by atoms with Crippen LogP contribution in [0.2, 0.25) is 0 Å². The molecule has 0 radical (unpaired) electrons. The molecule has 0 N–H and O–H groups in total. The van der Waals surface area contributed by atoms with Crippen molar-refractivity contribution in [3.8, 4) is 5.88 Å². The number of anilines is 1. The van der Waals surface area contributed by atoms with Gasteiger partial charge in [0.1, 0.15) is 11.9 Å². The summed E-state index contributed by atoms with van der Waals surface area (Å²) in [5.74, 6) is 0.595. The molecule has 0 saturated carbocycles. The van der Waals surface area contributed by atoms with Crippen LogP contribution in [0.3, 0.4) is 0 Å². The highest BCUT2D eigenvalue weighted by Crippen LogP contribution is 2.24. The van der Waals surface area contributed by atoms with Crippen LogP contribution in [0.1, 0.15) is 6.42 Å². The number of aromatic nitrogens is 2. The molecule has 1 aromatic heterocycles. The molecule has 1 saturated heterocycles. The molecule has 7 nitrogen and oxygen atoms in total. The van der Waals surface area contributed by atoms with Crippen molar-refractivity contribution in [1.82, 2.24) is 14.5 Å². The number of sulfonamides is 1. The fourth-order valence-electron chi connectivity index (χ4n) is 2.55. The standard InChI is InChI=1S/C16H19FN4O3S/c1-20(2)15-7-8-16(19-18-15)24-13-9-10-21(11-13)25(22,23)14-5-3-12(17)4-6-14/h3-8,13H,9-11H2,1-2H3. The first kappa shape index (κ1) is 17.6. The second-order valence-corrected chi connectivity index (χ2v) is 7.91. The Morgan fingerprint density at radius 3 is 2.48 bits per heavy atom. The molecule has 1 aliphatic heterocycles. The average Bonchev–Trinajstić information content (AvgIpc) is 3.05. The van der Waals surface area contributed by atoms with Gasteiger partial charge in [-0.1, -0.05) is 0 Å². The monoisotopic (exact) mass is 366 g/mol. The molecule has 1 aliphatic rings. The van der Waals surface area contributed by atoms with Crippen molar-refractivity contribution >= 4 is 15.8 Å². The molecule has 1 fully saturated rings. The van der Waals surface area contributed by atoms with Gasteiger partial charge < -0.3 is 9.64 Å². The van der Waals surface area contributed by atoms with Crippen LogP contribution in [-0.4, -0.2) is 56.2 Å². The van der Waals surface area contributed by atoms with Crippen molar-refractivity contribution in [3.05, 3.63) is 42.2 Å². The quantitative estimate of drug-likeness (QED) is 0.799. The highest BCUT2D eigenvalue weighted by atomic mass is 32.2. The summed E-state index contributed by atoms with van der Waals surface area (Å²) >= 11 is 0. The highest BCUT2D eigenvalue weighted by molar-refractivity contribution is 7.89. The lowest BCUT2D eigenvalue weighted by Crippen LogP contribution is -2.31. The summed E-state index contributed by atoms with van der Waals surface area (Å²) in [4.78, 5) is 1.90. The molecule has 1 unspecified atom stereocenters. The lowest BCUT2D eigenvalue weighted by Gasteiger charge is -2.17. The number of hydrogen-bond donors (Lipinski definition) is 0. The average molecular weight is 366 g/mol. The van der Waals surface area contributed by atoms with Crippen LogP contribution in [-0.2, 0) is 10.0 Å². The van der Waals surface area contributed by atoms with E-state index in [0.29, 0.717) is 24.7 Å². The first-order valence-electron chi connectivity index (χ1n) is 7.80. The molecular formula is C16H19FN4O3S. The molecule has 3 rings (SSSR count). The third-order valence-corrected chi connectivity index (χ3v) is 5.81. The zero-order valence-corrected chi connectivity index (χ0v) is 14.8. The Kier molecular flexibility index (Phi) is 4.87. The van der Waals surface area contributed by atoms with Gasteiger partial charge in [0.15, 0.2) is 5.82 Å². The summed E-state index contributed by atoms with van der Waals surface area (Å²) in [6.45, 7) is 0.560. The van der Waals surface area contributed by atoms with Crippen molar-refractivity contribution in [2.45, 2.75) is 17.4 Å². The third-order valence-electron chi connectivity index (χ3n) is 3.93. The summed E-state index contributed by atoms with van der Waals surface area (Å²) in [6, 6.07) is 8.30. The number of halogens is 1.